The number of H-pyrrole nitrogens is 2. The average Bonchev–Trinajstić information content (AvgIpc) is 3.32. The van der Waals surface area contributed by atoms with Gasteiger partial charge in [0.2, 0.25) is 5.16 Å². The fraction of sp³-hybridized carbons (Fsp3) is 0.143. The molecule has 0 aliphatic heterocycles. The maximum absolute atomic E-state index is 12.6. The fourth-order valence-corrected chi connectivity index (χ4v) is 4.06. The molecule has 0 saturated carbocycles. The van der Waals surface area contributed by atoms with Gasteiger partial charge in [0.25, 0.3) is 0 Å². The van der Waals surface area contributed by atoms with Crippen LogP contribution in [0.25, 0.3) is 33.0 Å². The number of aromatic nitrogens is 5. The molecule has 28 heavy (non-hydrogen) atoms. The van der Waals surface area contributed by atoms with Gasteiger partial charge in [-0.3, -0.25) is 4.79 Å². The van der Waals surface area contributed by atoms with Gasteiger partial charge in [-0.15, -0.1) is 10.2 Å². The number of para-hydroxylation sites is 1. The number of carbonyl (C=O) groups excluding carboxylic acids is 1. The summed E-state index contributed by atoms with van der Waals surface area (Å²) in [6.45, 7) is 2.12. The largest absolute Gasteiger partial charge is 0.360 e. The van der Waals surface area contributed by atoms with Gasteiger partial charge >= 0.3 is 0 Å². The van der Waals surface area contributed by atoms with Crippen LogP contribution in [0.4, 0.5) is 0 Å². The third-order valence-corrected chi connectivity index (χ3v) is 5.73. The molecule has 2 aromatic carbocycles. The molecule has 3 aromatic heterocycles. The molecule has 2 N–H and O–H groups in total. The van der Waals surface area contributed by atoms with Crippen LogP contribution in [0.2, 0.25) is 0 Å². The number of hydrogen-bond acceptors (Lipinski definition) is 5. The normalized spacial score (nSPS) is 11.6. The Morgan fingerprint density at radius 3 is 2.86 bits per heavy atom. The summed E-state index contributed by atoms with van der Waals surface area (Å²) >= 11 is 1.30. The molecule has 0 amide bonds. The van der Waals surface area contributed by atoms with Gasteiger partial charge < -0.3 is 9.97 Å². The Hall–Kier alpha value is -3.19. The lowest BCUT2D eigenvalue weighted by Crippen LogP contribution is -2.03. The van der Waals surface area contributed by atoms with Crippen molar-refractivity contribution in [3.63, 3.8) is 0 Å². The van der Waals surface area contributed by atoms with Crippen molar-refractivity contribution >= 4 is 50.5 Å². The van der Waals surface area contributed by atoms with E-state index in [2.05, 4.69) is 44.2 Å². The van der Waals surface area contributed by atoms with E-state index in [-0.39, 0.29) is 11.5 Å². The SMILES string of the molecule is CCc1ccc2[nH]c3nc(SCC(=O)c4c[nH]c5ccccc45)nnc3c2c1. The summed E-state index contributed by atoms with van der Waals surface area (Å²) in [5, 5.41) is 11.0. The number of Topliss-reactive ketones (excluding diaryl/α,β-unsaturated/α-hetero) is 1. The first-order chi connectivity index (χ1) is 13.7. The zero-order valence-corrected chi connectivity index (χ0v) is 16.0. The Morgan fingerprint density at radius 2 is 1.96 bits per heavy atom. The minimum Gasteiger partial charge on any atom is -0.360 e. The van der Waals surface area contributed by atoms with Gasteiger partial charge in [-0.05, 0) is 30.2 Å². The van der Waals surface area contributed by atoms with E-state index in [4.69, 9.17) is 0 Å². The summed E-state index contributed by atoms with van der Waals surface area (Å²) in [5.74, 6) is 0.297. The Balaban J connectivity index is 1.40. The number of ketones is 1. The van der Waals surface area contributed by atoms with Gasteiger partial charge in [-0.1, -0.05) is 43.0 Å². The summed E-state index contributed by atoms with van der Waals surface area (Å²) in [6.07, 6.45) is 2.73. The zero-order valence-electron chi connectivity index (χ0n) is 15.2. The van der Waals surface area contributed by atoms with Crippen LogP contribution in [-0.4, -0.2) is 36.7 Å². The van der Waals surface area contributed by atoms with Crippen LogP contribution >= 0.6 is 11.8 Å². The molecule has 5 rings (SSSR count). The van der Waals surface area contributed by atoms with Crippen LogP contribution in [0.5, 0.6) is 0 Å². The highest BCUT2D eigenvalue weighted by Crippen LogP contribution is 2.26. The zero-order chi connectivity index (χ0) is 19.1. The minimum absolute atomic E-state index is 0.0374. The van der Waals surface area contributed by atoms with Crippen molar-refractivity contribution in [3.8, 4) is 0 Å². The summed E-state index contributed by atoms with van der Waals surface area (Å²) in [4.78, 5) is 23.6. The van der Waals surface area contributed by atoms with Crippen molar-refractivity contribution in [1.82, 2.24) is 25.1 Å². The topological polar surface area (TPSA) is 87.3 Å². The van der Waals surface area contributed by atoms with Crippen LogP contribution in [0, 0.1) is 0 Å². The maximum atomic E-state index is 12.6. The number of aryl methyl sites for hydroxylation is 1. The van der Waals surface area contributed by atoms with Crippen molar-refractivity contribution in [2.45, 2.75) is 18.5 Å². The Kier molecular flexibility index (Phi) is 4.09. The molecule has 0 unspecified atom stereocenters. The van der Waals surface area contributed by atoms with Crippen molar-refractivity contribution < 1.29 is 4.79 Å². The van der Waals surface area contributed by atoms with Crippen molar-refractivity contribution in [3.05, 3.63) is 59.8 Å². The summed E-state index contributed by atoms with van der Waals surface area (Å²) in [7, 11) is 0. The number of aromatic amines is 2. The molecular formula is C21H17N5OS. The number of fused-ring (bicyclic) bond motifs is 4. The van der Waals surface area contributed by atoms with Crippen LogP contribution in [0.3, 0.4) is 0 Å². The third kappa shape index (κ3) is 2.84. The lowest BCUT2D eigenvalue weighted by atomic mass is 10.1. The molecule has 0 aliphatic rings. The van der Waals surface area contributed by atoms with E-state index >= 15 is 0 Å². The number of nitrogens with one attached hydrogen (secondary N) is 2. The maximum Gasteiger partial charge on any atom is 0.211 e. The number of hydrogen-bond donors (Lipinski definition) is 2. The molecule has 0 bridgehead atoms. The Labute approximate surface area is 164 Å². The summed E-state index contributed by atoms with van der Waals surface area (Å²) in [6, 6.07) is 14.0. The third-order valence-electron chi connectivity index (χ3n) is 4.89. The average molecular weight is 387 g/mol. The first-order valence-corrected chi connectivity index (χ1v) is 10.1. The molecule has 0 aliphatic carbocycles. The molecule has 3 heterocycles. The molecule has 0 atom stereocenters. The number of carbonyl (C=O) groups is 1. The first kappa shape index (κ1) is 16.9. The van der Waals surface area contributed by atoms with E-state index in [1.807, 2.05) is 30.3 Å². The summed E-state index contributed by atoms with van der Waals surface area (Å²) in [5.41, 5.74) is 5.34. The first-order valence-electron chi connectivity index (χ1n) is 9.10. The molecule has 0 fully saturated rings. The second-order valence-electron chi connectivity index (χ2n) is 6.61. The van der Waals surface area contributed by atoms with E-state index in [0.29, 0.717) is 16.4 Å². The van der Waals surface area contributed by atoms with Crippen LogP contribution in [0.1, 0.15) is 22.8 Å². The quantitative estimate of drug-likeness (QED) is 0.342. The van der Waals surface area contributed by atoms with E-state index < -0.39 is 0 Å². The molecule has 5 aromatic rings. The summed E-state index contributed by atoms with van der Waals surface area (Å²) < 4.78 is 0. The highest BCUT2D eigenvalue weighted by molar-refractivity contribution is 7.99. The van der Waals surface area contributed by atoms with E-state index in [9.17, 15) is 4.79 Å². The van der Waals surface area contributed by atoms with Gasteiger partial charge in [0, 0.05) is 33.6 Å². The molecule has 0 radical (unpaired) electrons. The predicted octanol–water partition coefficient (Wildman–Crippen LogP) is 4.52. The van der Waals surface area contributed by atoms with Crippen molar-refractivity contribution in [1.29, 1.82) is 0 Å². The van der Waals surface area contributed by atoms with Gasteiger partial charge in [0.1, 0.15) is 5.52 Å². The number of thioether (sulfide) groups is 1. The fourth-order valence-electron chi connectivity index (χ4n) is 3.39. The highest BCUT2D eigenvalue weighted by atomic mass is 32.2. The van der Waals surface area contributed by atoms with Gasteiger partial charge in [0.05, 0.1) is 5.75 Å². The Bertz CT molecular complexity index is 1340. The van der Waals surface area contributed by atoms with Crippen LogP contribution in [-0.2, 0) is 6.42 Å². The van der Waals surface area contributed by atoms with Crippen LogP contribution < -0.4 is 0 Å². The smallest absolute Gasteiger partial charge is 0.211 e. The molecule has 138 valence electrons. The van der Waals surface area contributed by atoms with Gasteiger partial charge in [0.15, 0.2) is 11.4 Å². The van der Waals surface area contributed by atoms with Gasteiger partial charge in [-0.2, -0.15) is 0 Å². The molecule has 6 nitrogen and oxygen atoms in total. The van der Waals surface area contributed by atoms with Crippen LogP contribution in [0.15, 0.2) is 53.8 Å². The molecular weight excluding hydrogens is 370 g/mol. The van der Waals surface area contributed by atoms with Crippen molar-refractivity contribution in [2.24, 2.45) is 0 Å². The lowest BCUT2D eigenvalue weighted by Gasteiger charge is -1.99. The van der Waals surface area contributed by atoms with Crippen molar-refractivity contribution in [2.75, 3.05) is 5.75 Å². The molecule has 7 heteroatoms. The standard InChI is InChI=1S/C21H17N5OS/c1-2-12-7-8-17-14(9-12)19-20(23-17)24-21(26-25-19)28-11-18(27)15-10-22-16-6-4-3-5-13(15)16/h3-10,22H,2,11H2,1H3,(H,23,24,26). The van der Waals surface area contributed by atoms with Gasteiger partial charge in [-0.25, -0.2) is 4.98 Å². The highest BCUT2D eigenvalue weighted by Gasteiger charge is 2.14. The van der Waals surface area contributed by atoms with E-state index in [1.165, 1.54) is 17.3 Å². The number of rotatable bonds is 5. The lowest BCUT2D eigenvalue weighted by molar-refractivity contribution is 0.102. The van der Waals surface area contributed by atoms with E-state index in [0.717, 1.165) is 33.7 Å². The second-order valence-corrected chi connectivity index (χ2v) is 7.55. The number of nitrogens with zero attached hydrogens (tertiary/aromatic N) is 3. The Morgan fingerprint density at radius 1 is 1.07 bits per heavy atom. The minimum atomic E-state index is 0.0374. The monoisotopic (exact) mass is 387 g/mol. The number of benzene rings is 2. The predicted molar refractivity (Wildman–Crippen MR) is 112 cm³/mol. The van der Waals surface area contributed by atoms with E-state index in [1.54, 1.807) is 6.20 Å². The molecule has 0 spiro atoms. The second kappa shape index (κ2) is 6.76. The molecule has 0 saturated heterocycles.